The molecule has 5 rings (SSSR count). The Morgan fingerprint density at radius 1 is 1.30 bits per heavy atom. The number of aromatic nitrogens is 2. The molecule has 3 aliphatic rings. The van der Waals surface area contributed by atoms with Gasteiger partial charge in [-0.2, -0.15) is 0 Å². The van der Waals surface area contributed by atoms with Gasteiger partial charge in [0.1, 0.15) is 11.9 Å². The number of imidazole rings is 1. The first kappa shape index (κ1) is 32.3. The number of carbonyl (C=O) groups excluding carboxylic acids is 3. The summed E-state index contributed by atoms with van der Waals surface area (Å²) in [7, 11) is -4.02. The largest absolute Gasteiger partial charge is 0.509 e. The predicted octanol–water partition coefficient (Wildman–Crippen LogP) is 2.86. The van der Waals surface area contributed by atoms with Crippen molar-refractivity contribution in [2.75, 3.05) is 25.6 Å². The van der Waals surface area contributed by atoms with Gasteiger partial charge in [0.05, 0.1) is 38.0 Å². The van der Waals surface area contributed by atoms with Crippen LogP contribution in [0.15, 0.2) is 41.7 Å². The highest BCUT2D eigenvalue weighted by molar-refractivity contribution is 8.13. The molecule has 15 nitrogen and oxygen atoms in total. The van der Waals surface area contributed by atoms with Gasteiger partial charge in [-0.25, -0.2) is 24.4 Å². The molecule has 2 aromatic rings. The molecule has 0 amide bonds. The van der Waals surface area contributed by atoms with E-state index in [1.165, 1.54) is 10.9 Å². The minimum absolute atomic E-state index is 0.0683. The summed E-state index contributed by atoms with van der Waals surface area (Å²) in [6.07, 6.45) is -2.67. The Labute approximate surface area is 257 Å². The SMILES string of the molecule is CC(C)(CO)C(=O)SCCOP(=O)(NCc1ccccc1)OC[C@H]1O[C@@H](n2cnc3c2N=C(N)CC3=O)C2(C)OC(=O)O[C@@H]12. The summed E-state index contributed by atoms with van der Waals surface area (Å²) < 4.78 is 44.0. The van der Waals surface area contributed by atoms with Crippen molar-refractivity contribution in [3.63, 3.8) is 0 Å². The van der Waals surface area contributed by atoms with E-state index in [1.54, 1.807) is 20.8 Å². The Morgan fingerprint density at radius 2 is 2.05 bits per heavy atom. The van der Waals surface area contributed by atoms with E-state index < -0.39 is 43.4 Å². The van der Waals surface area contributed by atoms with Gasteiger partial charge in [0, 0.05) is 12.3 Å². The molecular weight excluding hydrogens is 617 g/mol. The fourth-order valence-corrected chi connectivity index (χ4v) is 7.09. The van der Waals surface area contributed by atoms with Gasteiger partial charge in [0.25, 0.3) is 0 Å². The van der Waals surface area contributed by atoms with Crippen molar-refractivity contribution >= 4 is 48.2 Å². The van der Waals surface area contributed by atoms with Gasteiger partial charge in [-0.1, -0.05) is 42.1 Å². The summed E-state index contributed by atoms with van der Waals surface area (Å²) in [5, 5.41) is 12.0. The summed E-state index contributed by atoms with van der Waals surface area (Å²) >= 11 is 0.950. The number of hydrogen-bond acceptors (Lipinski definition) is 14. The third kappa shape index (κ3) is 6.61. The number of carbonyl (C=O) groups is 3. The number of fused-ring (bicyclic) bond motifs is 2. The maximum absolute atomic E-state index is 13.9. The molecule has 2 fully saturated rings. The third-order valence-corrected chi connectivity index (χ3v) is 10.1. The Morgan fingerprint density at radius 3 is 2.77 bits per heavy atom. The molecule has 44 heavy (non-hydrogen) atoms. The number of ether oxygens (including phenoxy) is 3. The summed E-state index contributed by atoms with van der Waals surface area (Å²) in [4.78, 5) is 45.5. The van der Waals surface area contributed by atoms with Crippen LogP contribution >= 0.6 is 19.5 Å². The number of ketones is 1. The number of benzene rings is 1. The minimum atomic E-state index is -4.02. The molecule has 4 heterocycles. The van der Waals surface area contributed by atoms with Crippen molar-refractivity contribution in [2.45, 2.75) is 57.8 Å². The van der Waals surface area contributed by atoms with Gasteiger partial charge >= 0.3 is 13.9 Å². The van der Waals surface area contributed by atoms with Crippen molar-refractivity contribution < 1.29 is 47.3 Å². The smallest absolute Gasteiger partial charge is 0.424 e. The van der Waals surface area contributed by atoms with Crippen molar-refractivity contribution in [3.8, 4) is 0 Å². The van der Waals surface area contributed by atoms with Gasteiger partial charge in [-0.15, -0.1) is 0 Å². The lowest BCUT2D eigenvalue weighted by atomic mass is 9.96. The number of rotatable bonds is 13. The second-order valence-electron chi connectivity index (χ2n) is 11.3. The van der Waals surface area contributed by atoms with E-state index in [0.29, 0.717) is 0 Å². The summed E-state index contributed by atoms with van der Waals surface area (Å²) in [6, 6.07) is 9.17. The van der Waals surface area contributed by atoms with E-state index in [-0.39, 0.29) is 66.8 Å². The van der Waals surface area contributed by atoms with Crippen LogP contribution in [0.5, 0.6) is 0 Å². The Kier molecular flexibility index (Phi) is 9.33. The molecule has 5 atom stereocenters. The molecule has 0 saturated carbocycles. The topological polar surface area (TPSA) is 203 Å². The highest BCUT2D eigenvalue weighted by Crippen LogP contribution is 2.51. The zero-order valence-corrected chi connectivity index (χ0v) is 26.0. The summed E-state index contributed by atoms with van der Waals surface area (Å²) in [5.74, 6) is 0.104. The molecule has 238 valence electrons. The monoisotopic (exact) mass is 651 g/mol. The normalized spacial score (nSPS) is 25.9. The first-order valence-corrected chi connectivity index (χ1v) is 16.3. The number of nitrogens with one attached hydrogen (secondary N) is 1. The zero-order valence-electron chi connectivity index (χ0n) is 24.3. The fraction of sp³-hybridized carbons (Fsp3) is 0.519. The molecule has 1 aromatic heterocycles. The lowest BCUT2D eigenvalue weighted by Gasteiger charge is -2.27. The molecule has 4 N–H and O–H groups in total. The fourth-order valence-electron chi connectivity index (χ4n) is 4.85. The molecular formula is C27H34N5O10PS. The number of hydrogen-bond donors (Lipinski definition) is 3. The molecule has 3 aliphatic heterocycles. The van der Waals surface area contributed by atoms with Gasteiger partial charge in [0.15, 0.2) is 40.3 Å². The summed E-state index contributed by atoms with van der Waals surface area (Å²) in [5.41, 5.74) is 4.46. The number of thioether (sulfide) groups is 1. The van der Waals surface area contributed by atoms with Crippen LogP contribution in [-0.4, -0.2) is 80.9 Å². The molecule has 17 heteroatoms. The number of nitrogens with two attached hydrogens (primary N) is 1. The number of Topliss-reactive ketones (excluding diaryl/α,β-unsaturated/α-hetero) is 1. The zero-order chi connectivity index (χ0) is 31.7. The number of nitrogens with zero attached hydrogens (tertiary/aromatic N) is 3. The van der Waals surface area contributed by atoms with E-state index in [2.05, 4.69) is 15.1 Å². The van der Waals surface area contributed by atoms with Crippen LogP contribution < -0.4 is 10.8 Å². The molecule has 2 saturated heterocycles. The quantitative estimate of drug-likeness (QED) is 0.162. The molecule has 0 bridgehead atoms. The lowest BCUT2D eigenvalue weighted by molar-refractivity contribution is -0.119. The average molecular weight is 652 g/mol. The number of aliphatic hydroxyl groups is 1. The van der Waals surface area contributed by atoms with Crippen LogP contribution in [0.25, 0.3) is 0 Å². The molecule has 0 spiro atoms. The Hall–Kier alpha value is -3.11. The average Bonchev–Trinajstić information content (AvgIpc) is 3.62. The van der Waals surface area contributed by atoms with E-state index >= 15 is 0 Å². The van der Waals surface area contributed by atoms with Crippen molar-refractivity contribution in [3.05, 3.63) is 47.9 Å². The van der Waals surface area contributed by atoms with Crippen molar-refractivity contribution in [2.24, 2.45) is 16.1 Å². The molecule has 2 unspecified atom stereocenters. The van der Waals surface area contributed by atoms with Gasteiger partial charge < -0.3 is 25.1 Å². The number of aliphatic imine (C=N–C) groups is 1. The van der Waals surface area contributed by atoms with Crippen LogP contribution in [0, 0.1) is 5.41 Å². The van der Waals surface area contributed by atoms with Gasteiger partial charge in [-0.3, -0.25) is 23.2 Å². The van der Waals surface area contributed by atoms with Crippen LogP contribution in [-0.2, 0) is 39.2 Å². The minimum Gasteiger partial charge on any atom is -0.424 e. The molecule has 0 radical (unpaired) electrons. The van der Waals surface area contributed by atoms with Crippen LogP contribution in [0.4, 0.5) is 10.6 Å². The number of aliphatic hydroxyl groups excluding tert-OH is 1. The highest BCUT2D eigenvalue weighted by atomic mass is 32.2. The highest BCUT2D eigenvalue weighted by Gasteiger charge is 2.64. The second-order valence-corrected chi connectivity index (χ2v) is 14.1. The van der Waals surface area contributed by atoms with Gasteiger partial charge in [-0.05, 0) is 26.3 Å². The van der Waals surface area contributed by atoms with E-state index in [1.807, 2.05) is 30.3 Å². The number of amidine groups is 1. The standard InChI is InChI=1S/C27H34N5O10PS/c1-26(2,14-33)24(35)44-10-9-38-43(37,30-12-16-7-5-4-6-8-16)39-13-18-21-27(3,42-25(36)41-21)23(40-18)32-15-29-20-17(34)11-19(28)31-22(20)32/h4-8,15,18,21,23,33H,9-14H2,1-3H3,(H2,28,31)(H,30,37)/t18-,21+,23-,27?,43?/m1/s1. The van der Waals surface area contributed by atoms with Crippen molar-refractivity contribution in [1.82, 2.24) is 14.6 Å². The van der Waals surface area contributed by atoms with Crippen LogP contribution in [0.3, 0.4) is 0 Å². The summed E-state index contributed by atoms with van der Waals surface area (Å²) in [6.45, 7) is 4.22. The van der Waals surface area contributed by atoms with E-state index in [9.17, 15) is 24.1 Å². The Bertz CT molecular complexity index is 1500. The van der Waals surface area contributed by atoms with Crippen molar-refractivity contribution in [1.29, 1.82) is 0 Å². The first-order valence-electron chi connectivity index (χ1n) is 13.8. The molecule has 0 aliphatic carbocycles. The van der Waals surface area contributed by atoms with Crippen LogP contribution in [0.2, 0.25) is 0 Å². The van der Waals surface area contributed by atoms with E-state index in [0.717, 1.165) is 17.3 Å². The second kappa shape index (κ2) is 12.7. The maximum Gasteiger partial charge on any atom is 0.509 e. The maximum atomic E-state index is 13.9. The molecule has 1 aromatic carbocycles. The van der Waals surface area contributed by atoms with Crippen LogP contribution in [0.1, 0.15) is 49.5 Å². The predicted molar refractivity (Wildman–Crippen MR) is 157 cm³/mol. The Balaban J connectivity index is 1.31. The third-order valence-electron chi connectivity index (χ3n) is 7.35. The van der Waals surface area contributed by atoms with Gasteiger partial charge in [0.2, 0.25) is 0 Å². The van der Waals surface area contributed by atoms with E-state index in [4.69, 9.17) is 29.0 Å². The lowest BCUT2D eigenvalue weighted by Crippen LogP contribution is -2.42. The first-order chi connectivity index (χ1) is 20.8.